The quantitative estimate of drug-likeness (QED) is 0.323. The van der Waals surface area contributed by atoms with Gasteiger partial charge in [-0.15, -0.1) is 10.2 Å². The SMILES string of the molecule is COc1ccc(-c2nnc(SCC(=O)NC(C)c3ccccc3)n2CCc2ccccc2)cc1. The van der Waals surface area contributed by atoms with Crippen LogP contribution in [0.2, 0.25) is 0 Å². The molecule has 0 saturated heterocycles. The van der Waals surface area contributed by atoms with E-state index in [0.717, 1.165) is 34.3 Å². The van der Waals surface area contributed by atoms with Crippen LogP contribution in [-0.2, 0) is 17.8 Å². The van der Waals surface area contributed by atoms with E-state index in [1.165, 1.54) is 17.3 Å². The zero-order valence-corrected chi connectivity index (χ0v) is 20.2. The maximum Gasteiger partial charge on any atom is 0.230 e. The average molecular weight is 473 g/mol. The molecule has 0 fully saturated rings. The minimum atomic E-state index is -0.0555. The van der Waals surface area contributed by atoms with Crippen LogP contribution in [0.25, 0.3) is 11.4 Å². The van der Waals surface area contributed by atoms with E-state index in [1.807, 2.05) is 79.7 Å². The molecule has 34 heavy (non-hydrogen) atoms. The molecule has 4 aromatic rings. The molecule has 3 aromatic carbocycles. The molecule has 1 atom stereocenters. The van der Waals surface area contributed by atoms with E-state index in [4.69, 9.17) is 4.74 Å². The summed E-state index contributed by atoms with van der Waals surface area (Å²) in [5.41, 5.74) is 3.27. The van der Waals surface area contributed by atoms with E-state index in [1.54, 1.807) is 7.11 Å². The summed E-state index contributed by atoms with van der Waals surface area (Å²) < 4.78 is 7.37. The number of nitrogens with one attached hydrogen (secondary N) is 1. The number of carbonyl (C=O) groups excluding carboxylic acids is 1. The number of hydrogen-bond acceptors (Lipinski definition) is 5. The van der Waals surface area contributed by atoms with Crippen molar-refractivity contribution < 1.29 is 9.53 Å². The predicted octanol–water partition coefficient (Wildman–Crippen LogP) is 5.17. The maximum absolute atomic E-state index is 12.6. The highest BCUT2D eigenvalue weighted by Crippen LogP contribution is 2.26. The van der Waals surface area contributed by atoms with Crippen LogP contribution in [0.4, 0.5) is 0 Å². The maximum atomic E-state index is 12.6. The van der Waals surface area contributed by atoms with Gasteiger partial charge in [-0.3, -0.25) is 4.79 Å². The van der Waals surface area contributed by atoms with Crippen molar-refractivity contribution in [3.8, 4) is 17.1 Å². The lowest BCUT2D eigenvalue weighted by atomic mass is 10.1. The summed E-state index contributed by atoms with van der Waals surface area (Å²) in [5, 5.41) is 12.7. The van der Waals surface area contributed by atoms with Gasteiger partial charge in [0.1, 0.15) is 5.75 Å². The average Bonchev–Trinajstić information content (AvgIpc) is 3.30. The molecule has 1 heterocycles. The fraction of sp³-hybridized carbons (Fsp3) is 0.222. The van der Waals surface area contributed by atoms with Crippen LogP contribution in [0, 0.1) is 0 Å². The lowest BCUT2D eigenvalue weighted by Crippen LogP contribution is -2.28. The number of aromatic nitrogens is 3. The summed E-state index contributed by atoms with van der Waals surface area (Å²) in [7, 11) is 1.65. The third-order valence-corrected chi connectivity index (χ3v) is 6.51. The van der Waals surface area contributed by atoms with Gasteiger partial charge in [-0.25, -0.2) is 0 Å². The molecule has 1 unspecified atom stereocenters. The topological polar surface area (TPSA) is 69.0 Å². The van der Waals surface area contributed by atoms with Crippen molar-refractivity contribution in [3.63, 3.8) is 0 Å². The third kappa shape index (κ3) is 6.05. The Morgan fingerprint density at radius 1 is 0.971 bits per heavy atom. The van der Waals surface area contributed by atoms with Crippen molar-refractivity contribution >= 4 is 17.7 Å². The molecular formula is C27H28N4O2S. The standard InChI is InChI=1S/C27H28N4O2S/c1-20(22-11-7-4-8-12-22)28-25(32)19-34-27-30-29-26(23-13-15-24(33-2)16-14-23)31(27)18-17-21-9-5-3-6-10-21/h3-16,20H,17-19H2,1-2H3,(H,28,32). The summed E-state index contributed by atoms with van der Waals surface area (Å²) >= 11 is 1.40. The predicted molar refractivity (Wildman–Crippen MR) is 136 cm³/mol. The molecule has 1 amide bonds. The highest BCUT2D eigenvalue weighted by atomic mass is 32.2. The lowest BCUT2D eigenvalue weighted by molar-refractivity contribution is -0.119. The fourth-order valence-electron chi connectivity index (χ4n) is 3.67. The molecule has 0 saturated carbocycles. The highest BCUT2D eigenvalue weighted by molar-refractivity contribution is 7.99. The van der Waals surface area contributed by atoms with Crippen LogP contribution in [0.3, 0.4) is 0 Å². The number of ether oxygens (including phenoxy) is 1. The summed E-state index contributed by atoms with van der Waals surface area (Å²) in [6, 6.07) is 28.0. The minimum Gasteiger partial charge on any atom is -0.497 e. The van der Waals surface area contributed by atoms with Gasteiger partial charge >= 0.3 is 0 Å². The highest BCUT2D eigenvalue weighted by Gasteiger charge is 2.17. The summed E-state index contributed by atoms with van der Waals surface area (Å²) in [6.45, 7) is 2.70. The van der Waals surface area contributed by atoms with Crippen LogP contribution in [0.5, 0.6) is 5.75 Å². The number of methoxy groups -OCH3 is 1. The van der Waals surface area contributed by atoms with Crippen LogP contribution < -0.4 is 10.1 Å². The molecule has 1 N–H and O–H groups in total. The molecule has 7 heteroatoms. The van der Waals surface area contributed by atoms with Gasteiger partial charge in [0.25, 0.3) is 0 Å². The summed E-state index contributed by atoms with van der Waals surface area (Å²) in [5.74, 6) is 1.80. The largest absolute Gasteiger partial charge is 0.497 e. The van der Waals surface area contributed by atoms with Gasteiger partial charge in [0.2, 0.25) is 5.91 Å². The lowest BCUT2D eigenvalue weighted by Gasteiger charge is -2.14. The van der Waals surface area contributed by atoms with E-state index in [-0.39, 0.29) is 17.7 Å². The first-order valence-corrected chi connectivity index (χ1v) is 12.2. The van der Waals surface area contributed by atoms with Crippen molar-refractivity contribution in [3.05, 3.63) is 96.1 Å². The first-order chi connectivity index (χ1) is 16.6. The Morgan fingerprint density at radius 3 is 2.32 bits per heavy atom. The molecular weight excluding hydrogens is 444 g/mol. The monoisotopic (exact) mass is 472 g/mol. The zero-order valence-electron chi connectivity index (χ0n) is 19.3. The van der Waals surface area contributed by atoms with Gasteiger partial charge in [0, 0.05) is 12.1 Å². The first-order valence-electron chi connectivity index (χ1n) is 11.2. The Balaban J connectivity index is 1.48. The smallest absolute Gasteiger partial charge is 0.230 e. The van der Waals surface area contributed by atoms with Crippen molar-refractivity contribution in [2.45, 2.75) is 31.1 Å². The first kappa shape index (κ1) is 23.6. The van der Waals surface area contributed by atoms with E-state index in [2.05, 4.69) is 32.2 Å². The second-order valence-corrected chi connectivity index (χ2v) is 8.85. The zero-order chi connectivity index (χ0) is 23.8. The van der Waals surface area contributed by atoms with Gasteiger partial charge in [-0.05, 0) is 48.7 Å². The third-order valence-electron chi connectivity index (χ3n) is 5.54. The Bertz CT molecular complexity index is 1190. The summed E-state index contributed by atoms with van der Waals surface area (Å²) in [4.78, 5) is 12.6. The molecule has 0 aliphatic rings. The van der Waals surface area contributed by atoms with Gasteiger partial charge in [-0.1, -0.05) is 72.4 Å². The Labute approximate surface area is 204 Å². The molecule has 0 aliphatic heterocycles. The Morgan fingerprint density at radius 2 is 1.65 bits per heavy atom. The minimum absolute atomic E-state index is 0.0371. The number of nitrogens with zero attached hydrogens (tertiary/aromatic N) is 3. The normalized spacial score (nSPS) is 11.7. The summed E-state index contributed by atoms with van der Waals surface area (Å²) in [6.07, 6.45) is 0.840. The molecule has 0 spiro atoms. The number of carbonyl (C=O) groups is 1. The number of thioether (sulfide) groups is 1. The number of amides is 1. The molecule has 0 radical (unpaired) electrons. The molecule has 0 bridgehead atoms. The molecule has 4 rings (SSSR count). The van der Waals surface area contributed by atoms with Crippen LogP contribution in [-0.4, -0.2) is 33.5 Å². The molecule has 1 aromatic heterocycles. The fourth-order valence-corrected chi connectivity index (χ4v) is 4.45. The second-order valence-electron chi connectivity index (χ2n) is 7.91. The van der Waals surface area contributed by atoms with E-state index >= 15 is 0 Å². The molecule has 174 valence electrons. The number of hydrogen-bond donors (Lipinski definition) is 1. The van der Waals surface area contributed by atoms with Gasteiger partial charge < -0.3 is 14.6 Å². The van der Waals surface area contributed by atoms with Gasteiger partial charge in [0.05, 0.1) is 18.9 Å². The Hall–Kier alpha value is -3.58. The number of rotatable bonds is 10. The van der Waals surface area contributed by atoms with Crippen molar-refractivity contribution in [2.75, 3.05) is 12.9 Å². The van der Waals surface area contributed by atoms with E-state index in [0.29, 0.717) is 6.54 Å². The molecule has 0 aliphatic carbocycles. The number of aryl methyl sites for hydroxylation is 1. The second kappa shape index (κ2) is 11.5. The van der Waals surface area contributed by atoms with Crippen molar-refractivity contribution in [2.24, 2.45) is 0 Å². The number of benzene rings is 3. The van der Waals surface area contributed by atoms with Crippen LogP contribution in [0.1, 0.15) is 24.1 Å². The van der Waals surface area contributed by atoms with E-state index < -0.39 is 0 Å². The van der Waals surface area contributed by atoms with Gasteiger partial charge in [0.15, 0.2) is 11.0 Å². The molecule has 6 nitrogen and oxygen atoms in total. The van der Waals surface area contributed by atoms with Crippen molar-refractivity contribution in [1.82, 2.24) is 20.1 Å². The van der Waals surface area contributed by atoms with Crippen LogP contribution in [0.15, 0.2) is 90.1 Å². The van der Waals surface area contributed by atoms with Gasteiger partial charge in [-0.2, -0.15) is 0 Å². The van der Waals surface area contributed by atoms with E-state index in [9.17, 15) is 4.79 Å². The Kier molecular flexibility index (Phi) is 7.99. The van der Waals surface area contributed by atoms with Crippen LogP contribution >= 0.6 is 11.8 Å². The van der Waals surface area contributed by atoms with Crippen molar-refractivity contribution in [1.29, 1.82) is 0 Å².